The van der Waals surface area contributed by atoms with Gasteiger partial charge >= 0.3 is 6.18 Å². The van der Waals surface area contributed by atoms with Crippen LogP contribution in [0.25, 0.3) is 0 Å². The van der Waals surface area contributed by atoms with Gasteiger partial charge in [0.1, 0.15) is 6.04 Å². The lowest BCUT2D eigenvalue weighted by Crippen LogP contribution is -2.45. The predicted octanol–water partition coefficient (Wildman–Crippen LogP) is 1.81. The van der Waals surface area contributed by atoms with Gasteiger partial charge in [-0.3, -0.25) is 0 Å². The fraction of sp³-hybridized carbons (Fsp3) is 1.00. The molecular weight excluding hydrogens is 183 g/mol. The van der Waals surface area contributed by atoms with Crippen LogP contribution in [0.2, 0.25) is 0 Å². The third-order valence-electron chi connectivity index (χ3n) is 2.01. The monoisotopic (exact) mass is 199 g/mol. The molecule has 2 nitrogen and oxygen atoms in total. The second kappa shape index (κ2) is 5.44. The zero-order valence-electron chi connectivity index (χ0n) is 8.11. The average molecular weight is 199 g/mol. The molecule has 2 unspecified atom stereocenters. The Hall–Kier alpha value is -0.290. The van der Waals surface area contributed by atoms with E-state index in [4.69, 9.17) is 4.74 Å². The normalized spacial score (nSPS) is 17.1. The van der Waals surface area contributed by atoms with Crippen LogP contribution < -0.4 is 5.32 Å². The summed E-state index contributed by atoms with van der Waals surface area (Å²) in [5.74, 6) is -0.468. The van der Waals surface area contributed by atoms with Crippen molar-refractivity contribution in [3.63, 3.8) is 0 Å². The molecule has 0 aromatic carbocycles. The minimum atomic E-state index is -4.18. The molecule has 0 aromatic rings. The van der Waals surface area contributed by atoms with E-state index >= 15 is 0 Å². The molecule has 0 rings (SSSR count). The van der Waals surface area contributed by atoms with E-state index in [1.807, 2.05) is 0 Å². The lowest BCUT2D eigenvalue weighted by molar-refractivity contribution is -0.166. The molecule has 0 bridgehead atoms. The summed E-state index contributed by atoms with van der Waals surface area (Å²) >= 11 is 0. The standard InChI is InChI=1S/C8H16F3NO/c1-6(4-5-13-3)7(12-2)8(9,10)11/h6-7,12H,4-5H2,1-3H3. The Kier molecular flexibility index (Phi) is 5.32. The maximum Gasteiger partial charge on any atom is 0.404 e. The average Bonchev–Trinajstić information content (AvgIpc) is 1.99. The predicted molar refractivity (Wildman–Crippen MR) is 44.6 cm³/mol. The van der Waals surface area contributed by atoms with E-state index in [1.54, 1.807) is 6.92 Å². The zero-order chi connectivity index (χ0) is 10.5. The number of methoxy groups -OCH3 is 1. The van der Waals surface area contributed by atoms with Crippen LogP contribution in [0.4, 0.5) is 13.2 Å². The topological polar surface area (TPSA) is 21.3 Å². The van der Waals surface area contributed by atoms with Crippen LogP contribution in [0.5, 0.6) is 0 Å². The first kappa shape index (κ1) is 12.7. The van der Waals surface area contributed by atoms with Gasteiger partial charge in [-0.25, -0.2) is 0 Å². The number of rotatable bonds is 5. The van der Waals surface area contributed by atoms with Crippen molar-refractivity contribution in [2.24, 2.45) is 5.92 Å². The second-order valence-electron chi connectivity index (χ2n) is 3.07. The van der Waals surface area contributed by atoms with Gasteiger partial charge in [0, 0.05) is 13.7 Å². The third-order valence-corrected chi connectivity index (χ3v) is 2.01. The van der Waals surface area contributed by atoms with Crippen molar-refractivity contribution in [1.29, 1.82) is 0 Å². The molecule has 80 valence electrons. The lowest BCUT2D eigenvalue weighted by Gasteiger charge is -2.25. The zero-order valence-corrected chi connectivity index (χ0v) is 8.11. The van der Waals surface area contributed by atoms with Crippen molar-refractivity contribution < 1.29 is 17.9 Å². The summed E-state index contributed by atoms with van der Waals surface area (Å²) in [6.07, 6.45) is -3.77. The molecule has 0 heterocycles. The van der Waals surface area contributed by atoms with Crippen molar-refractivity contribution in [2.45, 2.75) is 25.6 Å². The molecule has 0 aliphatic heterocycles. The van der Waals surface area contributed by atoms with Gasteiger partial charge in [0.15, 0.2) is 0 Å². The highest BCUT2D eigenvalue weighted by Gasteiger charge is 2.41. The van der Waals surface area contributed by atoms with Gasteiger partial charge in [0.05, 0.1) is 0 Å². The molecule has 0 aromatic heterocycles. The summed E-state index contributed by atoms with van der Waals surface area (Å²) in [4.78, 5) is 0. The fourth-order valence-corrected chi connectivity index (χ4v) is 1.24. The highest BCUT2D eigenvalue weighted by atomic mass is 19.4. The summed E-state index contributed by atoms with van der Waals surface area (Å²) in [5, 5.41) is 2.27. The Balaban J connectivity index is 4.07. The van der Waals surface area contributed by atoms with E-state index in [-0.39, 0.29) is 0 Å². The maximum absolute atomic E-state index is 12.3. The van der Waals surface area contributed by atoms with Crippen molar-refractivity contribution in [3.8, 4) is 0 Å². The van der Waals surface area contributed by atoms with Gasteiger partial charge in [0.2, 0.25) is 0 Å². The molecule has 0 fully saturated rings. The van der Waals surface area contributed by atoms with Crippen LogP contribution in [0.15, 0.2) is 0 Å². The molecule has 5 heteroatoms. The largest absolute Gasteiger partial charge is 0.404 e. The van der Waals surface area contributed by atoms with Gasteiger partial charge in [-0.2, -0.15) is 13.2 Å². The highest BCUT2D eigenvalue weighted by molar-refractivity contribution is 4.78. The van der Waals surface area contributed by atoms with Crippen molar-refractivity contribution in [2.75, 3.05) is 20.8 Å². The van der Waals surface area contributed by atoms with Crippen LogP contribution in [-0.2, 0) is 4.74 Å². The molecule has 13 heavy (non-hydrogen) atoms. The van der Waals surface area contributed by atoms with E-state index in [2.05, 4.69) is 5.32 Å². The molecule has 0 spiro atoms. The Labute approximate surface area is 76.5 Å². The minimum absolute atomic E-state index is 0.357. The Morgan fingerprint density at radius 2 is 1.92 bits per heavy atom. The number of ether oxygens (including phenoxy) is 1. The Morgan fingerprint density at radius 3 is 2.23 bits per heavy atom. The highest BCUT2D eigenvalue weighted by Crippen LogP contribution is 2.26. The van der Waals surface area contributed by atoms with Gasteiger partial charge < -0.3 is 10.1 Å². The summed E-state index contributed by atoms with van der Waals surface area (Å²) in [6.45, 7) is 1.92. The van der Waals surface area contributed by atoms with Crippen LogP contribution in [0.3, 0.4) is 0 Å². The van der Waals surface area contributed by atoms with E-state index in [1.165, 1.54) is 14.2 Å². The SMILES string of the molecule is CNC(C(C)CCOC)C(F)(F)F. The van der Waals surface area contributed by atoms with Gasteiger partial charge in [-0.1, -0.05) is 6.92 Å². The van der Waals surface area contributed by atoms with Crippen LogP contribution in [0.1, 0.15) is 13.3 Å². The van der Waals surface area contributed by atoms with Crippen LogP contribution >= 0.6 is 0 Å². The summed E-state index contributed by atoms with van der Waals surface area (Å²) in [7, 11) is 2.80. The Morgan fingerprint density at radius 1 is 1.38 bits per heavy atom. The van der Waals surface area contributed by atoms with Crippen LogP contribution in [0, 0.1) is 5.92 Å². The minimum Gasteiger partial charge on any atom is -0.385 e. The summed E-state index contributed by atoms with van der Waals surface area (Å²) in [5.41, 5.74) is 0. The molecule has 0 amide bonds. The van der Waals surface area contributed by atoms with Crippen molar-refractivity contribution in [1.82, 2.24) is 5.32 Å². The van der Waals surface area contributed by atoms with E-state index < -0.39 is 18.1 Å². The summed E-state index contributed by atoms with van der Waals surface area (Å²) in [6, 6.07) is -1.44. The number of alkyl halides is 3. The van der Waals surface area contributed by atoms with Gasteiger partial charge in [-0.05, 0) is 19.4 Å². The quantitative estimate of drug-likeness (QED) is 0.729. The second-order valence-corrected chi connectivity index (χ2v) is 3.07. The molecule has 2 atom stereocenters. The molecule has 0 aliphatic rings. The molecule has 0 radical (unpaired) electrons. The molecule has 0 aliphatic carbocycles. The molecule has 1 N–H and O–H groups in total. The van der Waals surface area contributed by atoms with E-state index in [9.17, 15) is 13.2 Å². The van der Waals surface area contributed by atoms with Gasteiger partial charge in [-0.15, -0.1) is 0 Å². The smallest absolute Gasteiger partial charge is 0.385 e. The number of hydrogen-bond acceptors (Lipinski definition) is 2. The maximum atomic E-state index is 12.3. The first-order chi connectivity index (χ1) is 5.93. The number of nitrogens with one attached hydrogen (secondary N) is 1. The molecule has 0 saturated heterocycles. The number of hydrogen-bond donors (Lipinski definition) is 1. The first-order valence-corrected chi connectivity index (χ1v) is 4.16. The Bertz CT molecular complexity index is 138. The third kappa shape index (κ3) is 4.47. The lowest BCUT2D eigenvalue weighted by atomic mass is 9.98. The molecular formula is C8H16F3NO. The van der Waals surface area contributed by atoms with Crippen molar-refractivity contribution in [3.05, 3.63) is 0 Å². The van der Waals surface area contributed by atoms with Gasteiger partial charge in [0.25, 0.3) is 0 Å². The summed E-state index contributed by atoms with van der Waals surface area (Å²) < 4.78 is 41.6. The molecule has 0 saturated carbocycles. The fourth-order valence-electron chi connectivity index (χ4n) is 1.24. The first-order valence-electron chi connectivity index (χ1n) is 4.16. The van der Waals surface area contributed by atoms with Crippen LogP contribution in [-0.4, -0.2) is 33.0 Å². The van der Waals surface area contributed by atoms with E-state index in [0.717, 1.165) is 0 Å². The van der Waals surface area contributed by atoms with E-state index in [0.29, 0.717) is 13.0 Å². The number of halogens is 3. The van der Waals surface area contributed by atoms with Crippen molar-refractivity contribution >= 4 is 0 Å².